The Labute approximate surface area is 409 Å². The number of nitriles is 2. The summed E-state index contributed by atoms with van der Waals surface area (Å²) in [6.07, 6.45) is 0. The van der Waals surface area contributed by atoms with E-state index in [9.17, 15) is 10.5 Å². The van der Waals surface area contributed by atoms with Gasteiger partial charge in [-0.15, -0.1) is 34.0 Å². The molecular weight excluding hydrogens is 911 g/mol. The quantitative estimate of drug-likeness (QED) is 0.177. The highest BCUT2D eigenvalue weighted by Crippen LogP contribution is 2.50. The van der Waals surface area contributed by atoms with Gasteiger partial charge in [0, 0.05) is 92.8 Å². The molecule has 6 aromatic heterocycles. The lowest BCUT2D eigenvalue weighted by Crippen LogP contribution is -2.11. The second kappa shape index (κ2) is 13.9. The second-order valence-corrected chi connectivity index (χ2v) is 21.3. The van der Waals surface area contributed by atoms with Gasteiger partial charge in [-0.3, -0.25) is 0 Å². The van der Waals surface area contributed by atoms with Crippen molar-refractivity contribution in [1.29, 1.82) is 10.5 Å². The van der Waals surface area contributed by atoms with Gasteiger partial charge in [0.05, 0.1) is 61.3 Å². The van der Waals surface area contributed by atoms with Crippen molar-refractivity contribution in [3.63, 3.8) is 0 Å². The third-order valence-electron chi connectivity index (χ3n) is 14.7. The van der Waals surface area contributed by atoms with Crippen LogP contribution in [0.1, 0.15) is 11.1 Å². The number of rotatable bonds is 3. The van der Waals surface area contributed by atoms with E-state index < -0.39 is 0 Å². The third kappa shape index (κ3) is 4.82. The number of hydrogen-bond acceptors (Lipinski definition) is 5. The van der Waals surface area contributed by atoms with Crippen LogP contribution in [-0.4, -0.2) is 13.7 Å². The van der Waals surface area contributed by atoms with E-state index in [1.54, 1.807) is 34.0 Å². The van der Waals surface area contributed by atoms with Crippen molar-refractivity contribution >= 4 is 160 Å². The predicted octanol–water partition coefficient (Wildman–Crippen LogP) is 17.8. The minimum Gasteiger partial charge on any atom is -0.307 e. The number of para-hydroxylation sites is 3. The normalized spacial score (nSPS) is 12.3. The van der Waals surface area contributed by atoms with Crippen LogP contribution in [0.5, 0.6) is 0 Å². The average Bonchev–Trinajstić information content (AvgIpc) is 4.26. The van der Waals surface area contributed by atoms with Crippen LogP contribution in [0.2, 0.25) is 0 Å². The van der Waals surface area contributed by atoms with Gasteiger partial charge in [-0.05, 0) is 60.7 Å². The van der Waals surface area contributed by atoms with E-state index in [0.29, 0.717) is 22.5 Å². The fourth-order valence-corrected chi connectivity index (χ4v) is 15.3. The first-order chi connectivity index (χ1) is 34.7. The second-order valence-electron chi connectivity index (χ2n) is 18.1. The molecule has 0 amide bonds. The minimum atomic E-state index is 0.316. The van der Waals surface area contributed by atoms with Gasteiger partial charge in [-0.25, -0.2) is 0 Å². The van der Waals surface area contributed by atoms with Gasteiger partial charge in [0.25, 0.3) is 0 Å². The Balaban J connectivity index is 1.19. The maximum absolute atomic E-state index is 12.1. The molecule has 0 unspecified atom stereocenters. The van der Waals surface area contributed by atoms with E-state index in [1.807, 2.05) is 0 Å². The molecule has 0 atom stereocenters. The van der Waals surface area contributed by atoms with Crippen molar-refractivity contribution in [2.75, 3.05) is 0 Å². The van der Waals surface area contributed by atoms with Crippen molar-refractivity contribution in [1.82, 2.24) is 13.7 Å². The Morgan fingerprint density at radius 2 is 0.643 bits per heavy atom. The summed E-state index contributed by atoms with van der Waals surface area (Å²) in [4.78, 5) is 0. The van der Waals surface area contributed by atoms with E-state index in [1.165, 1.54) is 39.7 Å². The molecule has 0 saturated carbocycles. The van der Waals surface area contributed by atoms with Crippen LogP contribution in [0.4, 0.5) is 0 Å². The van der Waals surface area contributed by atoms with Crippen molar-refractivity contribution in [2.45, 2.75) is 0 Å². The molecule has 0 saturated heterocycles. The molecule has 0 spiro atoms. The largest absolute Gasteiger partial charge is 0.307 e. The fraction of sp³-hybridized carbons (Fsp3) is 0. The topological polar surface area (TPSA) is 62.4 Å². The van der Waals surface area contributed by atoms with E-state index in [4.69, 9.17) is 0 Å². The summed E-state index contributed by atoms with van der Waals surface area (Å²) in [6, 6.07) is 72.9. The lowest BCUT2D eigenvalue weighted by atomic mass is 10.0. The molecule has 5 nitrogen and oxygen atoms in total. The lowest BCUT2D eigenvalue weighted by molar-refractivity contribution is 1.07. The predicted molar refractivity (Wildman–Crippen MR) is 298 cm³/mol. The van der Waals surface area contributed by atoms with Crippen LogP contribution in [0.3, 0.4) is 0 Å². The average molecular weight is 942 g/mol. The van der Waals surface area contributed by atoms with Gasteiger partial charge >= 0.3 is 0 Å². The zero-order valence-corrected chi connectivity index (χ0v) is 39.3. The van der Waals surface area contributed by atoms with Gasteiger partial charge < -0.3 is 13.7 Å². The van der Waals surface area contributed by atoms with Crippen molar-refractivity contribution < 1.29 is 0 Å². The summed E-state index contributed by atoms with van der Waals surface area (Å²) >= 11 is 5.37. The summed E-state index contributed by atoms with van der Waals surface area (Å²) < 4.78 is 14.2. The maximum atomic E-state index is 12.1. The molecule has 0 aliphatic rings. The summed E-state index contributed by atoms with van der Waals surface area (Å²) in [7, 11) is 0. The van der Waals surface area contributed by atoms with Gasteiger partial charge in [-0.2, -0.15) is 10.5 Å². The highest BCUT2D eigenvalue weighted by molar-refractivity contribution is 7.26. The summed E-state index contributed by atoms with van der Waals surface area (Å²) in [5, 5.41) is 37.6. The Hall–Kier alpha value is -8.76. The number of benzene rings is 10. The van der Waals surface area contributed by atoms with Crippen molar-refractivity contribution in [2.24, 2.45) is 0 Å². The Kier molecular flexibility index (Phi) is 7.60. The first kappa shape index (κ1) is 38.2. The zero-order chi connectivity index (χ0) is 45.9. The first-order valence-corrected chi connectivity index (χ1v) is 25.7. The molecule has 70 heavy (non-hydrogen) atoms. The third-order valence-corrected chi connectivity index (χ3v) is 18.1. The molecular formula is C62H31N5S3. The van der Waals surface area contributed by atoms with Gasteiger partial charge in [-0.1, -0.05) is 127 Å². The van der Waals surface area contributed by atoms with Gasteiger partial charge in [0.15, 0.2) is 0 Å². The number of nitrogens with zero attached hydrogens (tertiary/aromatic N) is 5. The van der Waals surface area contributed by atoms with E-state index in [-0.39, 0.29) is 0 Å². The Morgan fingerprint density at radius 1 is 0.300 bits per heavy atom. The first-order valence-electron chi connectivity index (χ1n) is 23.2. The lowest BCUT2D eigenvalue weighted by Gasteiger charge is -2.22. The van der Waals surface area contributed by atoms with E-state index in [2.05, 4.69) is 214 Å². The number of hydrogen-bond donors (Lipinski definition) is 0. The van der Waals surface area contributed by atoms with Crippen LogP contribution in [-0.2, 0) is 0 Å². The van der Waals surface area contributed by atoms with E-state index >= 15 is 0 Å². The van der Waals surface area contributed by atoms with E-state index in [0.717, 1.165) is 92.0 Å². The molecule has 6 heterocycles. The molecule has 0 aliphatic carbocycles. The number of aromatic nitrogens is 3. The fourth-order valence-electron chi connectivity index (χ4n) is 12.0. The van der Waals surface area contributed by atoms with Gasteiger partial charge in [0.1, 0.15) is 12.1 Å². The zero-order valence-electron chi connectivity index (χ0n) is 36.9. The van der Waals surface area contributed by atoms with Crippen molar-refractivity contribution in [3.8, 4) is 29.2 Å². The summed E-state index contributed by atoms with van der Waals surface area (Å²) in [6.45, 7) is 0. The monoisotopic (exact) mass is 941 g/mol. The molecule has 0 radical (unpaired) electrons. The smallest absolute Gasteiger partial charge is 0.103 e. The molecule has 0 aliphatic heterocycles. The minimum absolute atomic E-state index is 0.316. The molecule has 0 fully saturated rings. The molecule has 0 N–H and O–H groups in total. The molecule has 16 rings (SSSR count). The van der Waals surface area contributed by atoms with Crippen LogP contribution < -0.4 is 0 Å². The summed E-state index contributed by atoms with van der Waals surface area (Å²) in [5.74, 6) is 0. The highest BCUT2D eigenvalue weighted by Gasteiger charge is 2.31. The van der Waals surface area contributed by atoms with Crippen LogP contribution >= 0.6 is 34.0 Å². The molecule has 10 aromatic carbocycles. The Morgan fingerprint density at radius 3 is 1.06 bits per heavy atom. The van der Waals surface area contributed by atoms with Crippen LogP contribution in [0.25, 0.3) is 143 Å². The van der Waals surface area contributed by atoms with Crippen molar-refractivity contribution in [3.05, 3.63) is 199 Å². The van der Waals surface area contributed by atoms with Crippen LogP contribution in [0.15, 0.2) is 188 Å². The van der Waals surface area contributed by atoms with Crippen LogP contribution in [0, 0.1) is 22.7 Å². The SMILES string of the molecule is N#Cc1c(-n2c3ccccc3c3ccc4sc5ccccc5c4c32)cc(-n2c3ccccc3c3ccc4sc5ccccc5c4c32)c(-n2c3ccccc3c3ccc4sc5ccccc5c4c32)c1C#N. The van der Waals surface area contributed by atoms with Gasteiger partial charge in [0.2, 0.25) is 0 Å². The molecule has 8 heteroatoms. The maximum Gasteiger partial charge on any atom is 0.103 e. The standard InChI is InChI=1S/C62H31N5S3/c63-32-43-44(33-64)59(67-47-21-9-3-15-36(47)39-27-30-55-58(62(39)67)42-18-6-12-24-52(42)70-55)49(66-46-20-8-2-14-35(46)38-26-29-54-57(61(38)66)41-17-5-11-23-51(41)69-54)31-48(43)65-45-19-7-1-13-34(45)37-25-28-53-56(60(37)65)40-16-4-10-22-50(40)68-53/h1-31H. The molecule has 16 aromatic rings. The number of fused-ring (bicyclic) bond motifs is 21. The Bertz CT molecular complexity index is 5110. The summed E-state index contributed by atoms with van der Waals surface area (Å²) in [5.41, 5.74) is 8.82. The number of thiophene rings is 3. The molecule has 0 bridgehead atoms. The molecule has 322 valence electrons. The highest BCUT2D eigenvalue weighted by atomic mass is 32.1.